The first-order valence-electron chi connectivity index (χ1n) is 6.83. The van der Waals surface area contributed by atoms with E-state index in [2.05, 4.69) is 25.7 Å². The van der Waals surface area contributed by atoms with Gasteiger partial charge in [-0.2, -0.15) is 0 Å². The number of fused-ring (bicyclic) bond motifs is 3. The number of nitrogens with zero attached hydrogens (tertiary/aromatic N) is 8. The number of para-hydroxylation sites is 1. The summed E-state index contributed by atoms with van der Waals surface area (Å²) in [6.45, 7) is 0. The molecule has 0 radical (unpaired) electrons. The van der Waals surface area contributed by atoms with Crippen molar-refractivity contribution in [1.82, 2.24) is 39.4 Å². The van der Waals surface area contributed by atoms with Gasteiger partial charge in [-0.05, 0) is 22.6 Å². The second kappa shape index (κ2) is 5.16. The summed E-state index contributed by atoms with van der Waals surface area (Å²) in [6.07, 6.45) is 0. The van der Waals surface area contributed by atoms with Crippen molar-refractivity contribution in [3.63, 3.8) is 0 Å². The highest BCUT2D eigenvalue weighted by Gasteiger charge is 2.15. The van der Waals surface area contributed by atoms with Crippen molar-refractivity contribution in [3.8, 4) is 0 Å². The number of tetrazole rings is 1. The molecule has 0 aliphatic carbocycles. The highest BCUT2D eigenvalue weighted by atomic mass is 32.2. The van der Waals surface area contributed by atoms with Crippen LogP contribution in [0.15, 0.2) is 34.2 Å². The smallest absolute Gasteiger partial charge is 0.262 e. The lowest BCUT2D eigenvalue weighted by Crippen LogP contribution is -2.20. The number of benzene rings is 1. The fourth-order valence-electron chi connectivity index (χ4n) is 2.46. The molecule has 3 heterocycles. The van der Waals surface area contributed by atoms with Gasteiger partial charge in [-0.3, -0.25) is 13.8 Å². The van der Waals surface area contributed by atoms with Crippen LogP contribution in [-0.4, -0.2) is 39.4 Å². The number of aryl methyl sites for hydroxylation is 2. The van der Waals surface area contributed by atoms with Crippen LogP contribution < -0.4 is 5.56 Å². The summed E-state index contributed by atoms with van der Waals surface area (Å²) in [5, 5.41) is 21.1. The Morgan fingerprint density at radius 2 is 1.96 bits per heavy atom. The van der Waals surface area contributed by atoms with E-state index in [0.29, 0.717) is 22.1 Å². The Labute approximate surface area is 133 Å². The number of hydrogen-bond donors (Lipinski definition) is 0. The van der Waals surface area contributed by atoms with Crippen LogP contribution in [0.2, 0.25) is 0 Å². The van der Waals surface area contributed by atoms with Crippen molar-refractivity contribution in [1.29, 1.82) is 0 Å². The van der Waals surface area contributed by atoms with Crippen LogP contribution in [0.25, 0.3) is 16.7 Å². The van der Waals surface area contributed by atoms with Crippen LogP contribution in [0.5, 0.6) is 0 Å². The first kappa shape index (κ1) is 13.9. The molecule has 3 aromatic heterocycles. The van der Waals surface area contributed by atoms with E-state index in [0.717, 1.165) is 11.3 Å². The average Bonchev–Trinajstić information content (AvgIpc) is 3.17. The molecule has 4 aromatic rings. The van der Waals surface area contributed by atoms with Gasteiger partial charge in [0, 0.05) is 14.1 Å². The zero-order chi connectivity index (χ0) is 16.0. The summed E-state index contributed by atoms with van der Waals surface area (Å²) < 4.78 is 5.00. The summed E-state index contributed by atoms with van der Waals surface area (Å²) in [6, 6.07) is 7.44. The Bertz CT molecular complexity index is 1080. The van der Waals surface area contributed by atoms with Crippen molar-refractivity contribution in [3.05, 3.63) is 40.4 Å². The molecule has 23 heavy (non-hydrogen) atoms. The van der Waals surface area contributed by atoms with Gasteiger partial charge in [-0.15, -0.1) is 15.3 Å². The van der Waals surface area contributed by atoms with Crippen LogP contribution in [0.3, 0.4) is 0 Å². The molecule has 0 atom stereocenters. The van der Waals surface area contributed by atoms with Crippen molar-refractivity contribution in [2.24, 2.45) is 14.1 Å². The van der Waals surface area contributed by atoms with Crippen molar-refractivity contribution in [2.75, 3.05) is 0 Å². The molecule has 0 aliphatic rings. The van der Waals surface area contributed by atoms with E-state index < -0.39 is 0 Å². The maximum absolute atomic E-state index is 12.4. The highest BCUT2D eigenvalue weighted by Crippen LogP contribution is 2.21. The molecule has 0 saturated carbocycles. The molecule has 4 rings (SSSR count). The maximum atomic E-state index is 12.4. The minimum Gasteiger partial charge on any atom is -0.279 e. The molecule has 0 amide bonds. The van der Waals surface area contributed by atoms with Gasteiger partial charge >= 0.3 is 0 Å². The van der Waals surface area contributed by atoms with E-state index in [1.54, 1.807) is 24.8 Å². The fourth-order valence-corrected chi connectivity index (χ4v) is 3.22. The third kappa shape index (κ3) is 2.10. The summed E-state index contributed by atoms with van der Waals surface area (Å²) in [7, 11) is 3.48. The molecule has 0 bridgehead atoms. The SMILES string of the molecule is Cn1nnnc1SCc1nnc2n(C)c(=O)c3ccccc3n12. The first-order chi connectivity index (χ1) is 11.2. The molecule has 0 unspecified atom stereocenters. The molecular weight excluding hydrogens is 316 g/mol. The van der Waals surface area contributed by atoms with Gasteiger partial charge in [-0.1, -0.05) is 23.9 Å². The molecule has 1 aromatic carbocycles. The van der Waals surface area contributed by atoms with E-state index in [-0.39, 0.29) is 5.56 Å². The van der Waals surface area contributed by atoms with Gasteiger partial charge in [-0.25, -0.2) is 4.68 Å². The normalized spacial score (nSPS) is 11.6. The van der Waals surface area contributed by atoms with E-state index >= 15 is 0 Å². The van der Waals surface area contributed by atoms with E-state index in [4.69, 9.17) is 0 Å². The molecule has 116 valence electrons. The molecular formula is C13H12N8OS. The van der Waals surface area contributed by atoms with Gasteiger partial charge in [0.2, 0.25) is 10.9 Å². The van der Waals surface area contributed by atoms with E-state index in [1.807, 2.05) is 22.6 Å². The minimum atomic E-state index is -0.0859. The van der Waals surface area contributed by atoms with Crippen molar-refractivity contribution < 1.29 is 0 Å². The van der Waals surface area contributed by atoms with E-state index in [1.165, 1.54) is 16.3 Å². The number of hydrogen-bond acceptors (Lipinski definition) is 7. The number of thioether (sulfide) groups is 1. The lowest BCUT2D eigenvalue weighted by Gasteiger charge is -2.07. The van der Waals surface area contributed by atoms with E-state index in [9.17, 15) is 4.79 Å². The Balaban J connectivity index is 1.88. The maximum Gasteiger partial charge on any atom is 0.262 e. The third-order valence-corrected chi connectivity index (χ3v) is 4.61. The second-order valence-electron chi connectivity index (χ2n) is 5.01. The van der Waals surface area contributed by atoms with Gasteiger partial charge in [0.05, 0.1) is 16.7 Å². The zero-order valence-electron chi connectivity index (χ0n) is 12.4. The first-order valence-corrected chi connectivity index (χ1v) is 7.82. The summed E-state index contributed by atoms with van der Waals surface area (Å²) in [4.78, 5) is 12.4. The second-order valence-corrected chi connectivity index (χ2v) is 5.95. The summed E-state index contributed by atoms with van der Waals surface area (Å²) >= 11 is 1.46. The van der Waals surface area contributed by atoms with Gasteiger partial charge in [0.25, 0.3) is 5.56 Å². The topological polar surface area (TPSA) is 95.8 Å². The monoisotopic (exact) mass is 328 g/mol. The van der Waals surface area contributed by atoms with Crippen LogP contribution in [0.1, 0.15) is 5.82 Å². The Kier molecular flexibility index (Phi) is 3.11. The van der Waals surface area contributed by atoms with Crippen LogP contribution >= 0.6 is 11.8 Å². The van der Waals surface area contributed by atoms with Gasteiger partial charge < -0.3 is 0 Å². The lowest BCUT2D eigenvalue weighted by atomic mass is 10.2. The standard InChI is InChI=1S/C13H12N8OS/c1-19-11(22)8-5-3-4-6-9(8)21-10(14-15-12(19)21)7-23-13-16-17-18-20(13)2/h3-6H,7H2,1-2H3. The Hall–Kier alpha value is -2.75. The number of aromatic nitrogens is 8. The van der Waals surface area contributed by atoms with Gasteiger partial charge in [0.1, 0.15) is 5.82 Å². The summed E-state index contributed by atoms with van der Waals surface area (Å²) in [5.41, 5.74) is 0.708. The minimum absolute atomic E-state index is 0.0859. The predicted molar refractivity (Wildman–Crippen MR) is 84.1 cm³/mol. The predicted octanol–water partition coefficient (Wildman–Crippen LogP) is 0.397. The summed E-state index contributed by atoms with van der Waals surface area (Å²) in [5.74, 6) is 1.79. The zero-order valence-corrected chi connectivity index (χ0v) is 13.2. The van der Waals surface area contributed by atoms with Crippen molar-refractivity contribution >= 4 is 28.4 Å². The van der Waals surface area contributed by atoms with Crippen LogP contribution in [0, 0.1) is 0 Å². The molecule has 0 saturated heterocycles. The molecule has 9 nitrogen and oxygen atoms in total. The molecule has 0 N–H and O–H groups in total. The molecule has 0 spiro atoms. The highest BCUT2D eigenvalue weighted by molar-refractivity contribution is 7.98. The average molecular weight is 328 g/mol. The van der Waals surface area contributed by atoms with Crippen molar-refractivity contribution in [2.45, 2.75) is 10.9 Å². The van der Waals surface area contributed by atoms with Crippen LogP contribution in [0.4, 0.5) is 0 Å². The Morgan fingerprint density at radius 1 is 1.13 bits per heavy atom. The quantitative estimate of drug-likeness (QED) is 0.502. The van der Waals surface area contributed by atoms with Gasteiger partial charge in [0.15, 0.2) is 0 Å². The largest absolute Gasteiger partial charge is 0.279 e. The molecule has 0 aliphatic heterocycles. The third-order valence-electron chi connectivity index (χ3n) is 3.60. The van der Waals surface area contributed by atoms with Crippen LogP contribution in [-0.2, 0) is 19.8 Å². The lowest BCUT2D eigenvalue weighted by molar-refractivity contribution is 0.664. The number of rotatable bonds is 3. The Morgan fingerprint density at radius 3 is 2.74 bits per heavy atom. The molecule has 10 heteroatoms. The fraction of sp³-hybridized carbons (Fsp3) is 0.231. The molecule has 0 fully saturated rings.